The van der Waals surface area contributed by atoms with E-state index in [2.05, 4.69) is 10.6 Å². The number of anilines is 1. The fourth-order valence-corrected chi connectivity index (χ4v) is 3.26. The Labute approximate surface area is 172 Å². The maximum Gasteiger partial charge on any atom is 0.313 e. The first-order chi connectivity index (χ1) is 14.3. The minimum absolute atomic E-state index is 0.0852. The number of non-ortho nitro benzene ring substituents is 1. The molecule has 30 heavy (non-hydrogen) atoms. The first-order valence-electron chi connectivity index (χ1n) is 9.51. The number of carbonyl (C=O) groups excluding carboxylic acids is 3. The zero-order valence-electron chi connectivity index (χ0n) is 16.4. The molecule has 0 spiro atoms. The third-order valence-corrected chi connectivity index (χ3v) is 5.11. The van der Waals surface area contributed by atoms with Crippen molar-refractivity contribution in [3.05, 3.63) is 58.0 Å². The molecule has 2 heterocycles. The topological polar surface area (TPSA) is 135 Å². The fraction of sp³-hybridized carbons (Fsp3) is 0.350. The summed E-state index contributed by atoms with van der Waals surface area (Å²) in [6.07, 6.45) is 4.27. The number of nitro groups is 1. The molecule has 3 rings (SSSR count). The Morgan fingerprint density at radius 1 is 1.20 bits per heavy atom. The highest BCUT2D eigenvalue weighted by atomic mass is 16.6. The van der Waals surface area contributed by atoms with Gasteiger partial charge < -0.3 is 20.0 Å². The number of hydrogen-bond donors (Lipinski definition) is 2. The van der Waals surface area contributed by atoms with Gasteiger partial charge in [-0.1, -0.05) is 6.07 Å². The maximum atomic E-state index is 12.3. The van der Waals surface area contributed by atoms with Gasteiger partial charge in [0.2, 0.25) is 0 Å². The van der Waals surface area contributed by atoms with Gasteiger partial charge in [0, 0.05) is 31.8 Å². The molecule has 1 aliphatic rings. The van der Waals surface area contributed by atoms with E-state index < -0.39 is 16.7 Å². The van der Waals surface area contributed by atoms with Gasteiger partial charge in [0.1, 0.15) is 6.26 Å². The van der Waals surface area contributed by atoms with Gasteiger partial charge in [-0.25, -0.2) is 0 Å². The Kier molecular flexibility index (Phi) is 6.45. The van der Waals surface area contributed by atoms with Crippen LogP contribution in [0.5, 0.6) is 0 Å². The average molecular weight is 414 g/mol. The molecule has 0 saturated carbocycles. The molecule has 0 atom stereocenters. The van der Waals surface area contributed by atoms with Crippen LogP contribution in [-0.2, 0) is 9.59 Å². The minimum Gasteiger partial charge on any atom is -0.472 e. The first-order valence-corrected chi connectivity index (χ1v) is 9.51. The molecular formula is C20H22N4O6. The van der Waals surface area contributed by atoms with Crippen molar-refractivity contribution in [1.82, 2.24) is 10.2 Å². The Bertz CT molecular complexity index is 948. The predicted molar refractivity (Wildman–Crippen MR) is 107 cm³/mol. The van der Waals surface area contributed by atoms with Crippen LogP contribution in [0.1, 0.15) is 28.8 Å². The molecule has 1 aromatic carbocycles. The van der Waals surface area contributed by atoms with Crippen molar-refractivity contribution in [1.29, 1.82) is 0 Å². The summed E-state index contributed by atoms with van der Waals surface area (Å²) in [6.45, 7) is 3.11. The van der Waals surface area contributed by atoms with Crippen LogP contribution in [0.25, 0.3) is 0 Å². The van der Waals surface area contributed by atoms with Crippen LogP contribution >= 0.6 is 0 Å². The summed E-state index contributed by atoms with van der Waals surface area (Å²) in [6, 6.07) is 5.67. The largest absolute Gasteiger partial charge is 0.472 e. The molecule has 0 radical (unpaired) electrons. The molecule has 0 unspecified atom stereocenters. The Morgan fingerprint density at radius 2 is 1.93 bits per heavy atom. The van der Waals surface area contributed by atoms with E-state index in [0.29, 0.717) is 43.6 Å². The van der Waals surface area contributed by atoms with Crippen LogP contribution in [0.15, 0.2) is 41.2 Å². The van der Waals surface area contributed by atoms with E-state index in [1.165, 1.54) is 30.7 Å². The first kappa shape index (κ1) is 21.0. The van der Waals surface area contributed by atoms with Gasteiger partial charge in [-0.05, 0) is 37.3 Å². The monoisotopic (exact) mass is 414 g/mol. The molecule has 10 heteroatoms. The van der Waals surface area contributed by atoms with Crippen LogP contribution in [0.4, 0.5) is 11.4 Å². The molecule has 10 nitrogen and oxygen atoms in total. The molecule has 2 N–H and O–H groups in total. The molecular weight excluding hydrogens is 392 g/mol. The summed E-state index contributed by atoms with van der Waals surface area (Å²) >= 11 is 0. The highest BCUT2D eigenvalue weighted by Gasteiger charge is 2.25. The van der Waals surface area contributed by atoms with Gasteiger partial charge >= 0.3 is 11.8 Å². The molecule has 158 valence electrons. The zero-order chi connectivity index (χ0) is 21.7. The van der Waals surface area contributed by atoms with Crippen LogP contribution in [0, 0.1) is 23.0 Å². The van der Waals surface area contributed by atoms with Crippen molar-refractivity contribution >= 4 is 29.1 Å². The van der Waals surface area contributed by atoms with Crippen molar-refractivity contribution in [3.63, 3.8) is 0 Å². The standard InChI is InChI=1S/C20H22N4O6/c1-13-2-3-16(24(28)29)10-17(13)22-19(26)18(25)21-11-14-4-7-23(8-5-14)20(27)15-6-9-30-12-15/h2-3,6,9-10,12,14H,4-5,7-8,11H2,1H3,(H,21,25)(H,22,26). The summed E-state index contributed by atoms with van der Waals surface area (Å²) in [5.74, 6) is -1.63. The normalized spacial score (nSPS) is 14.2. The molecule has 1 aliphatic heterocycles. The number of benzene rings is 1. The number of hydrogen-bond acceptors (Lipinski definition) is 6. The summed E-state index contributed by atoms with van der Waals surface area (Å²) in [4.78, 5) is 48.6. The van der Waals surface area contributed by atoms with Gasteiger partial charge in [-0.15, -0.1) is 0 Å². The molecule has 0 bridgehead atoms. The van der Waals surface area contributed by atoms with Gasteiger partial charge in [-0.3, -0.25) is 24.5 Å². The number of nitrogens with one attached hydrogen (secondary N) is 2. The van der Waals surface area contributed by atoms with E-state index in [4.69, 9.17) is 4.42 Å². The molecule has 2 aromatic rings. The molecule has 1 saturated heterocycles. The fourth-order valence-electron chi connectivity index (χ4n) is 3.26. The van der Waals surface area contributed by atoms with Crippen molar-refractivity contribution in [2.45, 2.75) is 19.8 Å². The van der Waals surface area contributed by atoms with Gasteiger partial charge in [0.05, 0.1) is 22.4 Å². The second-order valence-electron chi connectivity index (χ2n) is 7.17. The Morgan fingerprint density at radius 3 is 2.57 bits per heavy atom. The van der Waals surface area contributed by atoms with E-state index in [9.17, 15) is 24.5 Å². The third-order valence-electron chi connectivity index (χ3n) is 5.11. The second-order valence-corrected chi connectivity index (χ2v) is 7.17. The van der Waals surface area contributed by atoms with Crippen LogP contribution < -0.4 is 10.6 Å². The quantitative estimate of drug-likeness (QED) is 0.437. The molecule has 1 fully saturated rings. The second kappa shape index (κ2) is 9.21. The zero-order valence-corrected chi connectivity index (χ0v) is 16.4. The SMILES string of the molecule is Cc1ccc([N+](=O)[O-])cc1NC(=O)C(=O)NCC1CCN(C(=O)c2ccoc2)CC1. The molecule has 1 aromatic heterocycles. The lowest BCUT2D eigenvalue weighted by molar-refractivity contribution is -0.384. The van der Waals surface area contributed by atoms with E-state index in [-0.39, 0.29) is 23.2 Å². The van der Waals surface area contributed by atoms with Crippen LogP contribution in [-0.4, -0.2) is 47.2 Å². The molecule has 0 aliphatic carbocycles. The lowest BCUT2D eigenvalue weighted by Crippen LogP contribution is -2.43. The Balaban J connectivity index is 1.46. The summed E-state index contributed by atoms with van der Waals surface area (Å²) in [5.41, 5.74) is 1.16. The Hall–Kier alpha value is -3.69. The summed E-state index contributed by atoms with van der Waals surface area (Å²) < 4.78 is 4.94. The number of carbonyl (C=O) groups is 3. The number of amides is 3. The van der Waals surface area contributed by atoms with Gasteiger partial charge in [0.15, 0.2) is 0 Å². The number of aryl methyl sites for hydroxylation is 1. The van der Waals surface area contributed by atoms with Crippen molar-refractivity contribution in [3.8, 4) is 0 Å². The van der Waals surface area contributed by atoms with E-state index in [0.717, 1.165) is 0 Å². The van der Waals surface area contributed by atoms with Gasteiger partial charge in [-0.2, -0.15) is 0 Å². The number of furan rings is 1. The number of rotatable bonds is 5. The average Bonchev–Trinajstić information content (AvgIpc) is 3.28. The van der Waals surface area contributed by atoms with Crippen molar-refractivity contribution < 1.29 is 23.7 Å². The maximum absolute atomic E-state index is 12.3. The van der Waals surface area contributed by atoms with Crippen molar-refractivity contribution in [2.24, 2.45) is 5.92 Å². The number of likely N-dealkylation sites (tertiary alicyclic amines) is 1. The summed E-state index contributed by atoms with van der Waals surface area (Å²) in [7, 11) is 0. The van der Waals surface area contributed by atoms with Crippen LogP contribution in [0.2, 0.25) is 0 Å². The predicted octanol–water partition coefficient (Wildman–Crippen LogP) is 2.10. The molecule has 3 amide bonds. The highest BCUT2D eigenvalue weighted by molar-refractivity contribution is 6.39. The lowest BCUT2D eigenvalue weighted by atomic mass is 9.96. The minimum atomic E-state index is -0.883. The van der Waals surface area contributed by atoms with E-state index in [1.54, 1.807) is 17.9 Å². The summed E-state index contributed by atoms with van der Waals surface area (Å²) in [5, 5.41) is 15.9. The lowest BCUT2D eigenvalue weighted by Gasteiger charge is -2.31. The third kappa shape index (κ3) is 5.02. The number of nitro benzene ring substituents is 1. The number of nitrogens with zero attached hydrogens (tertiary/aromatic N) is 2. The smallest absolute Gasteiger partial charge is 0.313 e. The van der Waals surface area contributed by atoms with Crippen LogP contribution in [0.3, 0.4) is 0 Å². The number of piperidine rings is 1. The van der Waals surface area contributed by atoms with E-state index >= 15 is 0 Å². The van der Waals surface area contributed by atoms with Crippen molar-refractivity contribution in [2.75, 3.05) is 25.0 Å². The van der Waals surface area contributed by atoms with E-state index in [1.807, 2.05) is 0 Å². The highest BCUT2D eigenvalue weighted by Crippen LogP contribution is 2.22. The van der Waals surface area contributed by atoms with Gasteiger partial charge in [0.25, 0.3) is 11.6 Å².